The molecule has 0 radical (unpaired) electrons. The lowest BCUT2D eigenvalue weighted by molar-refractivity contribution is 0.131. The second-order valence-corrected chi connectivity index (χ2v) is 6.98. The number of nitrogens with one attached hydrogen (secondary N) is 1. The summed E-state index contributed by atoms with van der Waals surface area (Å²) in [7, 11) is 2.19. The molecule has 0 aromatic heterocycles. The maximum Gasteiger partial charge on any atom is 0.171 e. The van der Waals surface area contributed by atoms with Crippen molar-refractivity contribution < 1.29 is 0 Å². The number of likely N-dealkylation sites (N-methyl/N-ethyl adjacent to an activating group) is 1. The van der Waals surface area contributed by atoms with E-state index in [2.05, 4.69) is 22.4 Å². The van der Waals surface area contributed by atoms with E-state index >= 15 is 0 Å². The van der Waals surface area contributed by atoms with Gasteiger partial charge in [0.15, 0.2) is 5.17 Å². The predicted octanol–water partition coefficient (Wildman–Crippen LogP) is 1.40. The Balaban J connectivity index is 1.51. The highest BCUT2D eigenvalue weighted by Gasteiger charge is 2.36. The first kappa shape index (κ1) is 12.8. The molecular formula is C13H24N4S. The third-order valence-electron chi connectivity index (χ3n) is 4.49. The lowest BCUT2D eigenvalue weighted by atomic mass is 9.89. The first-order valence-electron chi connectivity index (χ1n) is 7.13. The zero-order valence-corrected chi connectivity index (χ0v) is 12.1. The fourth-order valence-corrected chi connectivity index (χ4v) is 4.27. The molecule has 1 N–H and O–H groups in total. The number of hydrogen-bond donors (Lipinski definition) is 1. The first-order valence-corrected chi connectivity index (χ1v) is 8.12. The van der Waals surface area contributed by atoms with E-state index in [0.717, 1.165) is 37.9 Å². The maximum absolute atomic E-state index is 4.79. The molecule has 18 heavy (non-hydrogen) atoms. The van der Waals surface area contributed by atoms with Crippen molar-refractivity contribution >= 4 is 16.9 Å². The number of rotatable bonds is 1. The Bertz CT molecular complexity index is 317. The summed E-state index contributed by atoms with van der Waals surface area (Å²) in [6, 6.07) is 0. The molecule has 0 atom stereocenters. The Labute approximate surface area is 114 Å². The second kappa shape index (κ2) is 5.39. The zero-order valence-electron chi connectivity index (χ0n) is 11.3. The van der Waals surface area contributed by atoms with E-state index in [0.29, 0.717) is 5.41 Å². The van der Waals surface area contributed by atoms with Crippen molar-refractivity contribution in [1.82, 2.24) is 15.3 Å². The minimum Gasteiger partial charge on any atom is -0.304 e. The van der Waals surface area contributed by atoms with Gasteiger partial charge in [-0.3, -0.25) is 10.4 Å². The molecule has 2 aliphatic heterocycles. The fourth-order valence-electron chi connectivity index (χ4n) is 3.10. The Morgan fingerprint density at radius 1 is 1.17 bits per heavy atom. The molecule has 1 spiro atoms. The van der Waals surface area contributed by atoms with Crippen LogP contribution in [0.5, 0.6) is 0 Å². The molecule has 0 aromatic carbocycles. The molecule has 0 aromatic rings. The molecule has 102 valence electrons. The van der Waals surface area contributed by atoms with Crippen molar-refractivity contribution in [1.29, 1.82) is 0 Å². The monoisotopic (exact) mass is 268 g/mol. The zero-order chi connectivity index (χ0) is 12.4. The molecule has 1 saturated carbocycles. The predicted molar refractivity (Wildman–Crippen MR) is 77.9 cm³/mol. The highest BCUT2D eigenvalue weighted by molar-refractivity contribution is 8.13. The largest absolute Gasteiger partial charge is 0.304 e. The normalized spacial score (nSPS) is 29.5. The quantitative estimate of drug-likeness (QED) is 0.779. The molecule has 1 saturated heterocycles. The van der Waals surface area contributed by atoms with Crippen molar-refractivity contribution in [3.63, 3.8) is 0 Å². The Hall–Kier alpha value is -0.260. The lowest BCUT2D eigenvalue weighted by Crippen LogP contribution is -2.52. The summed E-state index contributed by atoms with van der Waals surface area (Å²) in [6.45, 7) is 5.54. The van der Waals surface area contributed by atoms with Crippen LogP contribution in [0.1, 0.15) is 25.7 Å². The lowest BCUT2D eigenvalue weighted by Gasteiger charge is -2.36. The van der Waals surface area contributed by atoms with Crippen molar-refractivity contribution in [2.75, 3.05) is 45.5 Å². The van der Waals surface area contributed by atoms with E-state index in [9.17, 15) is 0 Å². The van der Waals surface area contributed by atoms with Crippen molar-refractivity contribution in [3.8, 4) is 0 Å². The Kier molecular flexibility index (Phi) is 3.82. The molecule has 0 amide bonds. The van der Waals surface area contributed by atoms with Crippen LogP contribution < -0.4 is 5.43 Å². The van der Waals surface area contributed by atoms with Crippen LogP contribution in [0.3, 0.4) is 0 Å². The summed E-state index contributed by atoms with van der Waals surface area (Å²) in [5.74, 6) is 1.27. The van der Waals surface area contributed by atoms with Crippen LogP contribution in [-0.4, -0.2) is 60.6 Å². The van der Waals surface area contributed by atoms with Gasteiger partial charge in [0.25, 0.3) is 0 Å². The Morgan fingerprint density at radius 2 is 1.89 bits per heavy atom. The highest BCUT2D eigenvalue weighted by atomic mass is 32.2. The van der Waals surface area contributed by atoms with Crippen LogP contribution in [0.15, 0.2) is 4.99 Å². The van der Waals surface area contributed by atoms with Crippen LogP contribution >= 0.6 is 11.8 Å². The van der Waals surface area contributed by atoms with Crippen LogP contribution in [0.4, 0.5) is 0 Å². The molecule has 0 unspecified atom stereocenters. The van der Waals surface area contributed by atoms with Gasteiger partial charge in [-0.1, -0.05) is 24.6 Å². The number of hydrazine groups is 1. The van der Waals surface area contributed by atoms with E-state index in [-0.39, 0.29) is 0 Å². The average molecular weight is 268 g/mol. The van der Waals surface area contributed by atoms with Crippen molar-refractivity contribution in [2.24, 2.45) is 10.4 Å². The standard InChI is InChI=1S/C13H24N4S/c1-16-6-8-17(9-7-16)15-12-14-10-13(11-18-12)4-2-3-5-13/h2-11H2,1H3,(H,14,15). The number of nitrogens with zero attached hydrogens (tertiary/aromatic N) is 3. The van der Waals surface area contributed by atoms with Gasteiger partial charge in [0, 0.05) is 38.5 Å². The summed E-state index contributed by atoms with van der Waals surface area (Å²) in [5.41, 5.74) is 4.06. The van der Waals surface area contributed by atoms with Gasteiger partial charge in [0.1, 0.15) is 0 Å². The molecule has 5 heteroatoms. The first-order chi connectivity index (χ1) is 8.76. The van der Waals surface area contributed by atoms with Gasteiger partial charge in [-0.05, 0) is 25.3 Å². The van der Waals surface area contributed by atoms with Crippen LogP contribution in [0.25, 0.3) is 0 Å². The van der Waals surface area contributed by atoms with Gasteiger partial charge >= 0.3 is 0 Å². The van der Waals surface area contributed by atoms with Gasteiger partial charge in [0.05, 0.1) is 0 Å². The molecule has 0 bridgehead atoms. The minimum atomic E-state index is 0.554. The third kappa shape index (κ3) is 2.83. The number of thioether (sulfide) groups is 1. The topological polar surface area (TPSA) is 30.9 Å². The summed E-state index contributed by atoms with van der Waals surface area (Å²) in [4.78, 5) is 7.17. The van der Waals surface area contributed by atoms with Crippen LogP contribution in [0, 0.1) is 5.41 Å². The number of amidine groups is 1. The van der Waals surface area contributed by atoms with E-state index in [1.807, 2.05) is 11.8 Å². The van der Waals surface area contributed by atoms with Crippen molar-refractivity contribution in [3.05, 3.63) is 0 Å². The summed E-state index contributed by atoms with van der Waals surface area (Å²) in [5, 5.41) is 3.47. The fraction of sp³-hybridized carbons (Fsp3) is 0.923. The molecule has 2 fully saturated rings. The Morgan fingerprint density at radius 3 is 2.50 bits per heavy atom. The second-order valence-electron chi connectivity index (χ2n) is 6.02. The summed E-state index contributed by atoms with van der Waals surface area (Å²) >= 11 is 1.94. The summed E-state index contributed by atoms with van der Waals surface area (Å²) < 4.78 is 0. The maximum atomic E-state index is 4.79. The molecule has 4 nitrogen and oxygen atoms in total. The highest BCUT2D eigenvalue weighted by Crippen LogP contribution is 2.43. The molecular weight excluding hydrogens is 244 g/mol. The van der Waals surface area contributed by atoms with E-state index in [1.54, 1.807) is 0 Å². The number of piperazine rings is 1. The molecule has 2 heterocycles. The summed E-state index contributed by atoms with van der Waals surface area (Å²) in [6.07, 6.45) is 5.62. The van der Waals surface area contributed by atoms with Crippen LogP contribution in [0.2, 0.25) is 0 Å². The van der Waals surface area contributed by atoms with Gasteiger partial charge in [-0.15, -0.1) is 0 Å². The van der Waals surface area contributed by atoms with Gasteiger partial charge in [0.2, 0.25) is 0 Å². The van der Waals surface area contributed by atoms with Gasteiger partial charge in [-0.25, -0.2) is 5.01 Å². The van der Waals surface area contributed by atoms with E-state index in [1.165, 1.54) is 31.4 Å². The van der Waals surface area contributed by atoms with Gasteiger partial charge < -0.3 is 4.90 Å². The van der Waals surface area contributed by atoms with Gasteiger partial charge in [-0.2, -0.15) is 0 Å². The number of aliphatic imine (C=N–C) groups is 1. The van der Waals surface area contributed by atoms with Crippen molar-refractivity contribution in [2.45, 2.75) is 25.7 Å². The third-order valence-corrected chi connectivity index (χ3v) is 5.74. The number of hydrogen-bond acceptors (Lipinski definition) is 5. The minimum absolute atomic E-state index is 0.554. The van der Waals surface area contributed by atoms with E-state index < -0.39 is 0 Å². The van der Waals surface area contributed by atoms with E-state index in [4.69, 9.17) is 4.99 Å². The molecule has 3 rings (SSSR count). The average Bonchev–Trinajstić information content (AvgIpc) is 2.84. The smallest absolute Gasteiger partial charge is 0.171 e. The SMILES string of the molecule is CN1CCN(NC2=NCC3(CCCC3)CS2)CC1. The molecule has 3 aliphatic rings. The molecule has 1 aliphatic carbocycles. The van der Waals surface area contributed by atoms with Crippen LogP contribution in [-0.2, 0) is 0 Å².